The Morgan fingerprint density at radius 3 is 2.37 bits per heavy atom. The predicted octanol–water partition coefficient (Wildman–Crippen LogP) is 4.64. The molecule has 6 rings (SSSR count). The van der Waals surface area contributed by atoms with Crippen molar-refractivity contribution in [3.8, 4) is 0 Å². The van der Waals surface area contributed by atoms with Crippen molar-refractivity contribution in [2.24, 2.45) is 0 Å². The number of nitrogens with zero attached hydrogens (tertiary/aromatic N) is 8. The van der Waals surface area contributed by atoms with Gasteiger partial charge in [-0.15, -0.1) is 10.2 Å². The summed E-state index contributed by atoms with van der Waals surface area (Å²) in [5.74, 6) is 1.44. The van der Waals surface area contributed by atoms with E-state index < -0.39 is 0 Å². The van der Waals surface area contributed by atoms with Gasteiger partial charge in [0, 0.05) is 20.0 Å². The number of tetrazole rings is 2. The molecule has 2 aromatic carbocycles. The van der Waals surface area contributed by atoms with Crippen molar-refractivity contribution >= 4 is 17.6 Å². The summed E-state index contributed by atoms with van der Waals surface area (Å²) in [6, 6.07) is 20.1. The Bertz CT molecular complexity index is 1350. The van der Waals surface area contributed by atoms with Crippen LogP contribution in [0.15, 0.2) is 60.7 Å². The van der Waals surface area contributed by atoms with Gasteiger partial charge in [-0.3, -0.25) is 4.79 Å². The van der Waals surface area contributed by atoms with Crippen LogP contribution in [-0.4, -0.2) is 46.4 Å². The van der Waals surface area contributed by atoms with Gasteiger partial charge in [0.2, 0.25) is 0 Å². The smallest absolute Gasteiger partial charge is 0.303 e. The number of rotatable bonds is 4. The van der Waals surface area contributed by atoms with E-state index in [-0.39, 0.29) is 18.0 Å². The van der Waals surface area contributed by atoms with Crippen molar-refractivity contribution in [2.45, 2.75) is 70.6 Å². The van der Waals surface area contributed by atoms with E-state index in [1.54, 1.807) is 0 Å². The van der Waals surface area contributed by atoms with Gasteiger partial charge < -0.3 is 4.74 Å². The van der Waals surface area contributed by atoms with E-state index in [4.69, 9.17) is 4.74 Å². The molecule has 2 aliphatic rings. The Labute approximate surface area is 221 Å². The van der Waals surface area contributed by atoms with Crippen molar-refractivity contribution < 1.29 is 9.53 Å². The molecule has 2 aliphatic heterocycles. The Morgan fingerprint density at radius 2 is 1.58 bits per heavy atom. The molecule has 2 unspecified atom stereocenters. The van der Waals surface area contributed by atoms with Gasteiger partial charge in [-0.05, 0) is 75.7 Å². The summed E-state index contributed by atoms with van der Waals surface area (Å²) in [6.45, 7) is 3.19. The highest BCUT2D eigenvalue weighted by molar-refractivity contribution is 5.78. The molecule has 196 valence electrons. The van der Waals surface area contributed by atoms with Crippen molar-refractivity contribution in [2.75, 3.05) is 0 Å². The molecule has 0 fully saturated rings. The van der Waals surface area contributed by atoms with Gasteiger partial charge in [0.1, 0.15) is 6.10 Å². The Hall–Kier alpha value is -4.21. The summed E-state index contributed by atoms with van der Waals surface area (Å²) in [6.07, 6.45) is 8.23. The van der Waals surface area contributed by atoms with E-state index in [2.05, 4.69) is 49.3 Å². The predicted molar refractivity (Wildman–Crippen MR) is 141 cm³/mol. The fourth-order valence-electron chi connectivity index (χ4n) is 5.04. The summed E-state index contributed by atoms with van der Waals surface area (Å²) >= 11 is 0. The quantitative estimate of drug-likeness (QED) is 0.363. The topological polar surface area (TPSA) is 114 Å². The minimum atomic E-state index is -0.341. The molecule has 38 heavy (non-hydrogen) atoms. The third-order valence-electron chi connectivity index (χ3n) is 6.84. The lowest BCUT2D eigenvalue weighted by atomic mass is 9.91. The lowest BCUT2D eigenvalue weighted by Crippen LogP contribution is -2.20. The van der Waals surface area contributed by atoms with Gasteiger partial charge >= 0.3 is 5.97 Å². The first-order chi connectivity index (χ1) is 18.7. The van der Waals surface area contributed by atoms with Crippen molar-refractivity contribution in [3.05, 3.63) is 83.4 Å². The van der Waals surface area contributed by atoms with Crippen LogP contribution < -0.4 is 0 Å². The first-order valence-corrected chi connectivity index (χ1v) is 13.2. The number of aromatic nitrogens is 8. The van der Waals surface area contributed by atoms with E-state index in [1.165, 1.54) is 24.5 Å². The molecule has 0 saturated heterocycles. The zero-order valence-corrected chi connectivity index (χ0v) is 21.6. The zero-order valence-electron chi connectivity index (χ0n) is 21.6. The summed E-state index contributed by atoms with van der Waals surface area (Å²) in [5.41, 5.74) is 3.42. The van der Waals surface area contributed by atoms with Gasteiger partial charge in [-0.2, -0.15) is 0 Å². The highest BCUT2D eigenvalue weighted by Gasteiger charge is 2.33. The maximum atomic E-state index is 11.5. The molecule has 2 atom stereocenters. The largest absolute Gasteiger partial charge is 0.457 e. The van der Waals surface area contributed by atoms with Gasteiger partial charge in [-0.25, -0.2) is 9.36 Å². The SMILES string of the molecule is C(=C1CCCCn2nnnc21)c1ccccc1.CC(=O)OC(c1ccccc1)C1CCCCn2nnnc21. The molecule has 0 radical (unpaired) electrons. The summed E-state index contributed by atoms with van der Waals surface area (Å²) in [5, 5.41) is 23.9. The highest BCUT2D eigenvalue weighted by Crippen LogP contribution is 2.38. The number of hydrogen-bond acceptors (Lipinski definition) is 8. The molecule has 0 amide bonds. The molecule has 4 heterocycles. The minimum Gasteiger partial charge on any atom is -0.457 e. The molecule has 10 heteroatoms. The van der Waals surface area contributed by atoms with E-state index in [0.717, 1.165) is 62.4 Å². The van der Waals surface area contributed by atoms with Crippen LogP contribution in [0.5, 0.6) is 0 Å². The number of fused-ring (bicyclic) bond motifs is 2. The van der Waals surface area contributed by atoms with E-state index >= 15 is 0 Å². The first-order valence-electron chi connectivity index (χ1n) is 13.2. The third-order valence-corrected chi connectivity index (χ3v) is 6.84. The number of ether oxygens (including phenoxy) is 1. The first kappa shape index (κ1) is 25.4. The molecular formula is C28H32N8O2. The fourth-order valence-corrected chi connectivity index (χ4v) is 5.04. The van der Waals surface area contributed by atoms with Crippen LogP contribution in [0.1, 0.15) is 80.2 Å². The van der Waals surface area contributed by atoms with Gasteiger partial charge in [0.05, 0.1) is 5.92 Å². The molecule has 4 aromatic rings. The molecule has 0 aliphatic carbocycles. The molecule has 0 saturated carbocycles. The van der Waals surface area contributed by atoms with Gasteiger partial charge in [0.25, 0.3) is 0 Å². The summed E-state index contributed by atoms with van der Waals surface area (Å²) in [4.78, 5) is 11.5. The number of allylic oxidation sites excluding steroid dienone is 1. The van der Waals surface area contributed by atoms with Crippen LogP contribution >= 0.6 is 0 Å². The standard InChI is InChI=1S/C15H18N4O2.C13H14N4/c1-11(20)21-14(12-7-3-2-4-8-12)13-9-5-6-10-19-15(13)16-17-18-19;1-2-6-11(7-3-1)10-12-8-4-5-9-17-13(12)14-15-16-17/h2-4,7-8,13-14H,5-6,9-10H2,1H3;1-3,6-7,10H,4-5,8-9H2. The molecule has 10 nitrogen and oxygen atoms in total. The van der Waals surface area contributed by atoms with Crippen LogP contribution in [0.3, 0.4) is 0 Å². The van der Waals surface area contributed by atoms with E-state index in [1.807, 2.05) is 57.9 Å². The molecular weight excluding hydrogens is 480 g/mol. The monoisotopic (exact) mass is 512 g/mol. The second-order valence-electron chi connectivity index (χ2n) is 9.57. The van der Waals surface area contributed by atoms with Gasteiger partial charge in [0.15, 0.2) is 11.6 Å². The third kappa shape index (κ3) is 6.19. The number of esters is 1. The number of benzene rings is 2. The highest BCUT2D eigenvalue weighted by atomic mass is 16.5. The zero-order chi connectivity index (χ0) is 26.2. The number of carbonyl (C=O) groups excluding carboxylic acids is 1. The average molecular weight is 513 g/mol. The normalized spacial score (nSPS) is 18.7. The van der Waals surface area contributed by atoms with Crippen LogP contribution in [0.4, 0.5) is 0 Å². The second-order valence-corrected chi connectivity index (χ2v) is 9.57. The second kappa shape index (κ2) is 12.4. The van der Waals surface area contributed by atoms with E-state index in [0.29, 0.717) is 0 Å². The van der Waals surface area contributed by atoms with Crippen molar-refractivity contribution in [3.63, 3.8) is 0 Å². The number of hydrogen-bond donors (Lipinski definition) is 0. The molecule has 2 aromatic heterocycles. The maximum absolute atomic E-state index is 11.5. The lowest BCUT2D eigenvalue weighted by molar-refractivity contribution is -0.148. The Balaban J connectivity index is 0.000000158. The Morgan fingerprint density at radius 1 is 0.895 bits per heavy atom. The molecule has 0 spiro atoms. The summed E-state index contributed by atoms with van der Waals surface area (Å²) < 4.78 is 9.34. The van der Waals surface area contributed by atoms with Gasteiger partial charge in [-0.1, -0.05) is 67.1 Å². The Kier molecular flexibility index (Phi) is 8.27. The van der Waals surface area contributed by atoms with Crippen LogP contribution in [-0.2, 0) is 22.6 Å². The van der Waals surface area contributed by atoms with Crippen LogP contribution in [0, 0.1) is 0 Å². The number of carbonyl (C=O) groups is 1. The van der Waals surface area contributed by atoms with E-state index in [9.17, 15) is 4.79 Å². The van der Waals surface area contributed by atoms with Crippen molar-refractivity contribution in [1.29, 1.82) is 0 Å². The average Bonchev–Trinajstić information content (AvgIpc) is 3.51. The summed E-state index contributed by atoms with van der Waals surface area (Å²) in [7, 11) is 0. The minimum absolute atomic E-state index is 0.00574. The maximum Gasteiger partial charge on any atom is 0.303 e. The van der Waals surface area contributed by atoms with Crippen LogP contribution in [0.25, 0.3) is 11.6 Å². The molecule has 0 bridgehead atoms. The lowest BCUT2D eigenvalue weighted by Gasteiger charge is -2.25. The van der Waals surface area contributed by atoms with Crippen molar-refractivity contribution in [1.82, 2.24) is 40.4 Å². The number of aryl methyl sites for hydroxylation is 2. The van der Waals surface area contributed by atoms with Crippen LogP contribution in [0.2, 0.25) is 0 Å². The molecule has 0 N–H and O–H groups in total. The fraction of sp³-hybridized carbons (Fsp3) is 0.393.